The van der Waals surface area contributed by atoms with Gasteiger partial charge in [0.25, 0.3) is 0 Å². The van der Waals surface area contributed by atoms with Crippen molar-refractivity contribution in [3.8, 4) is 0 Å². The van der Waals surface area contributed by atoms with E-state index in [0.29, 0.717) is 12.5 Å². The van der Waals surface area contributed by atoms with Gasteiger partial charge in [0.15, 0.2) is 0 Å². The predicted octanol–water partition coefficient (Wildman–Crippen LogP) is 2.28. The number of hydrogen-bond donors (Lipinski definition) is 1. The fourth-order valence-corrected chi connectivity index (χ4v) is 2.18. The molecule has 5 nitrogen and oxygen atoms in total. The standard InChI is InChI=1S/C14H21N5/c1-3-12(4-2)19-8-5-11(18-19)9-13(15)14-10-16-6-7-17-14/h5-8,10,12-13H,3-4,9,15H2,1-2H3. The minimum absolute atomic E-state index is 0.154. The van der Waals surface area contributed by atoms with Gasteiger partial charge < -0.3 is 5.73 Å². The van der Waals surface area contributed by atoms with Gasteiger partial charge in [-0.25, -0.2) is 0 Å². The van der Waals surface area contributed by atoms with Gasteiger partial charge in [-0.3, -0.25) is 14.6 Å². The molecule has 1 atom stereocenters. The van der Waals surface area contributed by atoms with Crippen molar-refractivity contribution in [3.05, 3.63) is 42.2 Å². The van der Waals surface area contributed by atoms with Gasteiger partial charge in [0.1, 0.15) is 0 Å². The first-order valence-corrected chi connectivity index (χ1v) is 6.80. The summed E-state index contributed by atoms with van der Waals surface area (Å²) in [6.07, 6.45) is 9.93. The smallest absolute Gasteiger partial charge is 0.0757 e. The molecule has 0 fully saturated rings. The van der Waals surface area contributed by atoms with Crippen molar-refractivity contribution in [2.45, 2.75) is 45.2 Å². The summed E-state index contributed by atoms with van der Waals surface area (Å²) in [6.45, 7) is 4.36. The molecule has 2 N–H and O–H groups in total. The lowest BCUT2D eigenvalue weighted by molar-refractivity contribution is 0.424. The van der Waals surface area contributed by atoms with Gasteiger partial charge in [-0.2, -0.15) is 5.10 Å². The Hall–Kier alpha value is -1.75. The molecule has 0 aliphatic rings. The number of nitrogens with zero attached hydrogens (tertiary/aromatic N) is 4. The van der Waals surface area contributed by atoms with Crippen LogP contribution in [0.5, 0.6) is 0 Å². The Bertz CT molecular complexity index is 490. The zero-order valence-corrected chi connectivity index (χ0v) is 11.5. The second-order valence-corrected chi connectivity index (χ2v) is 4.70. The second kappa shape index (κ2) is 6.43. The van der Waals surface area contributed by atoms with Crippen molar-refractivity contribution in [2.75, 3.05) is 0 Å². The van der Waals surface area contributed by atoms with Crippen molar-refractivity contribution in [1.82, 2.24) is 19.7 Å². The molecule has 19 heavy (non-hydrogen) atoms. The van der Waals surface area contributed by atoms with Gasteiger partial charge in [0, 0.05) is 31.2 Å². The summed E-state index contributed by atoms with van der Waals surface area (Å²) in [5, 5.41) is 4.61. The van der Waals surface area contributed by atoms with Crippen LogP contribution in [0.25, 0.3) is 0 Å². The molecule has 2 aromatic rings. The van der Waals surface area contributed by atoms with Crippen LogP contribution < -0.4 is 5.73 Å². The van der Waals surface area contributed by atoms with Crippen LogP contribution in [-0.2, 0) is 6.42 Å². The van der Waals surface area contributed by atoms with Crippen LogP contribution in [0, 0.1) is 0 Å². The van der Waals surface area contributed by atoms with Gasteiger partial charge >= 0.3 is 0 Å². The predicted molar refractivity (Wildman–Crippen MR) is 74.5 cm³/mol. The molecule has 0 aromatic carbocycles. The normalized spacial score (nSPS) is 12.8. The molecule has 1 unspecified atom stereocenters. The van der Waals surface area contributed by atoms with E-state index in [9.17, 15) is 0 Å². The molecule has 2 rings (SSSR count). The van der Waals surface area contributed by atoms with Crippen LogP contribution >= 0.6 is 0 Å². The van der Waals surface area contributed by atoms with Gasteiger partial charge in [-0.05, 0) is 18.9 Å². The molecule has 0 spiro atoms. The topological polar surface area (TPSA) is 69.6 Å². The minimum Gasteiger partial charge on any atom is -0.322 e. The summed E-state index contributed by atoms with van der Waals surface area (Å²) in [7, 11) is 0. The van der Waals surface area contributed by atoms with E-state index in [2.05, 4.69) is 28.9 Å². The van der Waals surface area contributed by atoms with E-state index in [4.69, 9.17) is 5.73 Å². The van der Waals surface area contributed by atoms with Gasteiger partial charge in [-0.15, -0.1) is 0 Å². The third-order valence-electron chi connectivity index (χ3n) is 3.37. The van der Waals surface area contributed by atoms with Crippen LogP contribution in [0.15, 0.2) is 30.9 Å². The van der Waals surface area contributed by atoms with E-state index in [1.165, 1.54) is 0 Å². The van der Waals surface area contributed by atoms with Gasteiger partial charge in [0.05, 0.1) is 23.5 Å². The first-order valence-electron chi connectivity index (χ1n) is 6.80. The maximum absolute atomic E-state index is 6.13. The number of rotatable bonds is 6. The first kappa shape index (κ1) is 13.7. The molecular formula is C14H21N5. The van der Waals surface area contributed by atoms with Crippen molar-refractivity contribution < 1.29 is 0 Å². The summed E-state index contributed by atoms with van der Waals surface area (Å²) in [5.74, 6) is 0. The molecular weight excluding hydrogens is 238 g/mol. The van der Waals surface area contributed by atoms with Crippen LogP contribution in [0.2, 0.25) is 0 Å². The lowest BCUT2D eigenvalue weighted by Crippen LogP contribution is -2.16. The fourth-order valence-electron chi connectivity index (χ4n) is 2.18. The van der Waals surface area contributed by atoms with Crippen LogP contribution in [0.4, 0.5) is 0 Å². The monoisotopic (exact) mass is 259 g/mol. The van der Waals surface area contributed by atoms with Crippen molar-refractivity contribution in [1.29, 1.82) is 0 Å². The Morgan fingerprint density at radius 1 is 1.26 bits per heavy atom. The lowest BCUT2D eigenvalue weighted by Gasteiger charge is -2.13. The third kappa shape index (κ3) is 3.38. The Kier molecular flexibility index (Phi) is 4.63. The summed E-state index contributed by atoms with van der Waals surface area (Å²) >= 11 is 0. The fraction of sp³-hybridized carbons (Fsp3) is 0.500. The Balaban J connectivity index is 2.04. The molecule has 0 bridgehead atoms. The number of nitrogens with two attached hydrogens (primary N) is 1. The maximum atomic E-state index is 6.13. The number of hydrogen-bond acceptors (Lipinski definition) is 4. The van der Waals surface area contributed by atoms with E-state index in [0.717, 1.165) is 24.2 Å². The summed E-state index contributed by atoms with van der Waals surface area (Å²) in [6, 6.07) is 2.36. The quantitative estimate of drug-likeness (QED) is 0.864. The highest BCUT2D eigenvalue weighted by Gasteiger charge is 2.12. The molecule has 0 saturated heterocycles. The molecule has 2 aromatic heterocycles. The summed E-state index contributed by atoms with van der Waals surface area (Å²) in [4.78, 5) is 8.27. The molecule has 0 amide bonds. The van der Waals surface area contributed by atoms with Gasteiger partial charge in [-0.1, -0.05) is 13.8 Å². The SMILES string of the molecule is CCC(CC)n1ccc(CC(N)c2cnccn2)n1. The summed E-state index contributed by atoms with van der Waals surface area (Å²) in [5.41, 5.74) is 7.94. The minimum atomic E-state index is -0.154. The van der Waals surface area contributed by atoms with Crippen molar-refractivity contribution >= 4 is 0 Å². The number of aromatic nitrogens is 4. The zero-order valence-electron chi connectivity index (χ0n) is 11.5. The molecule has 0 aliphatic carbocycles. The van der Waals surface area contributed by atoms with Crippen molar-refractivity contribution in [3.63, 3.8) is 0 Å². The largest absolute Gasteiger partial charge is 0.322 e. The van der Waals surface area contributed by atoms with E-state index >= 15 is 0 Å². The molecule has 102 valence electrons. The van der Waals surface area contributed by atoms with Gasteiger partial charge in [0.2, 0.25) is 0 Å². The Labute approximate surface area is 113 Å². The molecule has 0 radical (unpaired) electrons. The average Bonchev–Trinajstić information content (AvgIpc) is 2.89. The highest BCUT2D eigenvalue weighted by Crippen LogP contribution is 2.17. The summed E-state index contributed by atoms with van der Waals surface area (Å²) < 4.78 is 2.04. The zero-order chi connectivity index (χ0) is 13.7. The van der Waals surface area contributed by atoms with Crippen LogP contribution in [-0.4, -0.2) is 19.7 Å². The highest BCUT2D eigenvalue weighted by atomic mass is 15.3. The molecule has 0 aliphatic heterocycles. The van der Waals surface area contributed by atoms with E-state index < -0.39 is 0 Å². The molecule has 5 heteroatoms. The van der Waals surface area contributed by atoms with Crippen LogP contribution in [0.3, 0.4) is 0 Å². The Morgan fingerprint density at radius 2 is 2.05 bits per heavy atom. The highest BCUT2D eigenvalue weighted by molar-refractivity contribution is 5.09. The molecule has 0 saturated carbocycles. The maximum Gasteiger partial charge on any atom is 0.0757 e. The van der Waals surface area contributed by atoms with E-state index in [-0.39, 0.29) is 6.04 Å². The Morgan fingerprint density at radius 3 is 2.68 bits per heavy atom. The first-order chi connectivity index (χ1) is 9.24. The van der Waals surface area contributed by atoms with E-state index in [1.807, 2.05) is 16.9 Å². The van der Waals surface area contributed by atoms with Crippen molar-refractivity contribution in [2.24, 2.45) is 5.73 Å². The average molecular weight is 259 g/mol. The second-order valence-electron chi connectivity index (χ2n) is 4.70. The lowest BCUT2D eigenvalue weighted by atomic mass is 10.1. The molecule has 2 heterocycles. The third-order valence-corrected chi connectivity index (χ3v) is 3.37. The van der Waals surface area contributed by atoms with E-state index in [1.54, 1.807) is 18.6 Å². The van der Waals surface area contributed by atoms with Crippen LogP contribution in [0.1, 0.15) is 50.2 Å².